The van der Waals surface area contributed by atoms with Gasteiger partial charge in [0.25, 0.3) is 0 Å². The smallest absolute Gasteiger partial charge is 0.0670 e. The molecular weight excluding hydrogens is 473 g/mol. The molecule has 4 heteroatoms. The van der Waals surface area contributed by atoms with Crippen molar-refractivity contribution < 1.29 is 16.5 Å². The molecule has 0 spiro atoms. The maximum Gasteiger partial charge on any atom is 0.0670 e. The molecule has 0 aromatic heterocycles. The average molecular weight is 508 g/mol. The summed E-state index contributed by atoms with van der Waals surface area (Å²) in [4.78, 5) is 14.6. The van der Waals surface area contributed by atoms with Crippen LogP contribution in [0.2, 0.25) is 0 Å². The molecule has 3 aromatic rings. The van der Waals surface area contributed by atoms with E-state index in [1.165, 1.54) is 0 Å². The Morgan fingerprint density at radius 2 is 0.943 bits per heavy atom. The molecule has 35 heavy (non-hydrogen) atoms. The van der Waals surface area contributed by atoms with Gasteiger partial charge in [0.15, 0.2) is 0 Å². The molecule has 0 aliphatic carbocycles. The SMILES string of the molecule is C=[C-]C.CC(=Nc1c(C)cccc1C)C([C-]=Nc1c(C)cccc1C)=Nc1c(C)cccc1C.[Ni]. The molecule has 0 fully saturated rings. The van der Waals surface area contributed by atoms with Gasteiger partial charge in [-0.3, -0.25) is 11.6 Å². The van der Waals surface area contributed by atoms with Gasteiger partial charge in [0, 0.05) is 16.5 Å². The molecule has 0 amide bonds. The third-order valence-corrected chi connectivity index (χ3v) is 5.44. The Morgan fingerprint density at radius 1 is 0.629 bits per heavy atom. The molecule has 0 N–H and O–H groups in total. The maximum absolute atomic E-state index is 4.97. The van der Waals surface area contributed by atoms with Crippen LogP contribution in [0.25, 0.3) is 0 Å². The van der Waals surface area contributed by atoms with Crippen LogP contribution < -0.4 is 0 Å². The Balaban J connectivity index is 0.00000145. The van der Waals surface area contributed by atoms with Crippen molar-refractivity contribution in [1.82, 2.24) is 0 Å². The van der Waals surface area contributed by atoms with Crippen molar-refractivity contribution >= 4 is 34.7 Å². The fourth-order valence-corrected chi connectivity index (χ4v) is 3.57. The zero-order valence-corrected chi connectivity index (χ0v) is 23.0. The van der Waals surface area contributed by atoms with Crippen LogP contribution in [0.1, 0.15) is 47.2 Å². The number of aryl methyl sites for hydroxylation is 6. The van der Waals surface area contributed by atoms with Crippen molar-refractivity contribution in [3.63, 3.8) is 0 Å². The summed E-state index contributed by atoms with van der Waals surface area (Å²) in [5, 5.41) is 0. The van der Waals surface area contributed by atoms with Crippen LogP contribution in [-0.4, -0.2) is 17.6 Å². The van der Waals surface area contributed by atoms with Crippen LogP contribution in [-0.2, 0) is 16.5 Å². The van der Waals surface area contributed by atoms with E-state index in [-0.39, 0.29) is 16.5 Å². The fourth-order valence-electron chi connectivity index (χ4n) is 3.57. The molecule has 0 saturated heterocycles. The van der Waals surface area contributed by atoms with Crippen molar-refractivity contribution in [2.45, 2.75) is 55.4 Å². The van der Waals surface area contributed by atoms with Crippen molar-refractivity contribution in [3.05, 3.63) is 101 Å². The number of para-hydroxylation sites is 3. The molecule has 186 valence electrons. The summed E-state index contributed by atoms with van der Waals surface area (Å²) in [6, 6.07) is 18.6. The third-order valence-electron chi connectivity index (χ3n) is 5.44. The summed E-state index contributed by atoms with van der Waals surface area (Å²) >= 11 is 0. The van der Waals surface area contributed by atoms with Crippen LogP contribution in [0, 0.1) is 47.6 Å². The van der Waals surface area contributed by atoms with Gasteiger partial charge in [-0.05, 0) is 80.9 Å². The molecular formula is C31H35N3Ni-2. The van der Waals surface area contributed by atoms with Gasteiger partial charge in [0.2, 0.25) is 0 Å². The van der Waals surface area contributed by atoms with Gasteiger partial charge in [-0.25, -0.2) is 0 Å². The molecule has 3 nitrogen and oxygen atoms in total. The van der Waals surface area contributed by atoms with Gasteiger partial charge < -0.3 is 16.1 Å². The fraction of sp³-hybridized carbons (Fsp3) is 0.258. The number of nitrogens with zero attached hydrogens (tertiary/aromatic N) is 3. The normalized spacial score (nSPS) is 11.5. The van der Waals surface area contributed by atoms with Crippen LogP contribution in [0.3, 0.4) is 0 Å². The van der Waals surface area contributed by atoms with Crippen LogP contribution >= 0.6 is 0 Å². The van der Waals surface area contributed by atoms with Gasteiger partial charge in [0.05, 0.1) is 11.4 Å². The first kappa shape index (κ1) is 29.9. The summed E-state index contributed by atoms with van der Waals surface area (Å²) in [6.07, 6.45) is 5.72. The van der Waals surface area contributed by atoms with E-state index in [4.69, 9.17) is 15.0 Å². The van der Waals surface area contributed by atoms with Gasteiger partial charge in [-0.1, -0.05) is 78.9 Å². The topological polar surface area (TPSA) is 37.1 Å². The predicted molar refractivity (Wildman–Crippen MR) is 149 cm³/mol. The third kappa shape index (κ3) is 8.26. The second-order valence-electron chi connectivity index (χ2n) is 8.46. The molecule has 0 radical (unpaired) electrons. The Kier molecular flexibility index (Phi) is 12.3. The van der Waals surface area contributed by atoms with E-state index in [2.05, 4.69) is 109 Å². The van der Waals surface area contributed by atoms with Gasteiger partial charge in [-0.15, -0.1) is 0 Å². The zero-order valence-electron chi connectivity index (χ0n) is 22.1. The minimum Gasteiger partial charge on any atom is -0.507 e. The van der Waals surface area contributed by atoms with E-state index in [0.717, 1.165) is 56.2 Å². The van der Waals surface area contributed by atoms with Crippen LogP contribution in [0.5, 0.6) is 0 Å². The minimum atomic E-state index is 0. The van der Waals surface area contributed by atoms with Gasteiger partial charge in [-0.2, -0.15) is 6.92 Å². The predicted octanol–water partition coefficient (Wildman–Crippen LogP) is 8.67. The minimum absolute atomic E-state index is 0. The van der Waals surface area contributed by atoms with Crippen LogP contribution in [0.15, 0.2) is 76.2 Å². The number of benzene rings is 3. The Bertz CT molecular complexity index is 1190. The first-order chi connectivity index (χ1) is 16.2. The first-order valence-corrected chi connectivity index (χ1v) is 11.4. The summed E-state index contributed by atoms with van der Waals surface area (Å²) < 4.78 is 0. The number of hydrogen-bond acceptors (Lipinski definition) is 3. The summed E-state index contributed by atoms with van der Waals surface area (Å²) in [5.74, 6) is 0. The van der Waals surface area contributed by atoms with Crippen molar-refractivity contribution in [2.75, 3.05) is 0 Å². The van der Waals surface area contributed by atoms with Gasteiger partial charge in [0.1, 0.15) is 0 Å². The first-order valence-electron chi connectivity index (χ1n) is 11.4. The second-order valence-corrected chi connectivity index (χ2v) is 8.46. The molecule has 0 atom stereocenters. The van der Waals surface area contributed by atoms with Crippen molar-refractivity contribution in [3.8, 4) is 0 Å². The monoisotopic (exact) mass is 507 g/mol. The van der Waals surface area contributed by atoms with E-state index < -0.39 is 0 Å². The largest absolute Gasteiger partial charge is 0.507 e. The van der Waals surface area contributed by atoms with E-state index >= 15 is 0 Å². The average Bonchev–Trinajstić information content (AvgIpc) is 2.77. The molecule has 0 aliphatic rings. The second kappa shape index (κ2) is 14.3. The Morgan fingerprint density at radius 3 is 1.31 bits per heavy atom. The molecule has 3 aromatic carbocycles. The standard InChI is InChI=1S/C28H30N3.C3H5.Ni/c1-18-11-8-12-19(2)26(18)29-17-25(31-28-22(5)15-10-16-23(28)6)24(7)30-27-20(3)13-9-14-21(27)4;1-3-2;/h8-16H,1-7H3;1H2,2H3;/q2*-1;. The summed E-state index contributed by atoms with van der Waals surface area (Å²) in [7, 11) is 0. The molecule has 0 unspecified atom stereocenters. The molecule has 0 heterocycles. The van der Waals surface area contributed by atoms with E-state index in [0.29, 0.717) is 5.71 Å². The number of rotatable bonds is 5. The van der Waals surface area contributed by atoms with Crippen molar-refractivity contribution in [2.24, 2.45) is 15.0 Å². The number of aliphatic imine (C=N–C) groups is 3. The van der Waals surface area contributed by atoms with Gasteiger partial charge >= 0.3 is 0 Å². The zero-order chi connectivity index (χ0) is 25.3. The maximum atomic E-state index is 4.97. The Hall–Kier alpha value is -3.10. The van der Waals surface area contributed by atoms with Crippen LogP contribution in [0.4, 0.5) is 17.1 Å². The van der Waals surface area contributed by atoms with Crippen molar-refractivity contribution in [1.29, 1.82) is 0 Å². The van der Waals surface area contributed by atoms with E-state index in [1.807, 2.05) is 13.0 Å². The van der Waals surface area contributed by atoms with E-state index in [1.54, 1.807) is 6.92 Å². The summed E-state index contributed by atoms with van der Waals surface area (Å²) in [6.45, 7) is 19.4. The summed E-state index contributed by atoms with van der Waals surface area (Å²) in [5.41, 5.74) is 11.0. The Labute approximate surface area is 221 Å². The molecule has 0 bridgehead atoms. The van der Waals surface area contributed by atoms with E-state index in [9.17, 15) is 0 Å². The quantitative estimate of drug-likeness (QED) is 0.188. The molecule has 0 aliphatic heterocycles. The molecule has 0 saturated carbocycles. The number of hydrogen-bond donors (Lipinski definition) is 0. The molecule has 3 rings (SSSR count). The number of allylic oxidation sites excluding steroid dienone is 1.